The molecule has 0 bridgehead atoms. The summed E-state index contributed by atoms with van der Waals surface area (Å²) in [6, 6.07) is 17.6. The Bertz CT molecular complexity index is 1270. The van der Waals surface area contributed by atoms with Gasteiger partial charge in [-0.05, 0) is 31.9 Å². The van der Waals surface area contributed by atoms with Crippen molar-refractivity contribution in [2.24, 2.45) is 5.92 Å². The lowest BCUT2D eigenvalue weighted by molar-refractivity contribution is 0.0646. The maximum absolute atomic E-state index is 13.0. The Hall–Kier alpha value is -3.58. The fourth-order valence-corrected chi connectivity index (χ4v) is 4.89. The number of para-hydroxylation sites is 1. The number of likely N-dealkylation sites (tertiary alicyclic amines) is 1. The topological polar surface area (TPSA) is 68.1 Å². The van der Waals surface area contributed by atoms with E-state index in [4.69, 9.17) is 0 Å². The van der Waals surface area contributed by atoms with Gasteiger partial charge in [0, 0.05) is 41.7 Å². The lowest BCUT2D eigenvalue weighted by Crippen LogP contribution is -2.40. The molecule has 7 heteroatoms. The number of carbonyl (C=O) groups is 2. The number of Topliss-reactive ketones (excluding diaryl/α,β-unsaturated/α-hetero) is 1. The Morgan fingerprint density at radius 3 is 2.45 bits per heavy atom. The Balaban J connectivity index is 1.22. The van der Waals surface area contributed by atoms with E-state index < -0.39 is 0 Å². The van der Waals surface area contributed by atoms with E-state index in [9.17, 15) is 9.59 Å². The average molecular weight is 457 g/mol. The summed E-state index contributed by atoms with van der Waals surface area (Å²) < 4.78 is 1.80. The number of rotatable bonds is 5. The van der Waals surface area contributed by atoms with Crippen LogP contribution in [0, 0.1) is 12.8 Å². The first-order valence-electron chi connectivity index (χ1n) is 11.0. The highest BCUT2D eigenvalue weighted by molar-refractivity contribution is 7.13. The molecule has 2 aromatic carbocycles. The lowest BCUT2D eigenvalue weighted by Gasteiger charge is -2.31. The summed E-state index contributed by atoms with van der Waals surface area (Å²) >= 11 is 1.44. The van der Waals surface area contributed by atoms with Crippen molar-refractivity contribution in [1.29, 1.82) is 0 Å². The minimum Gasteiger partial charge on any atom is -0.337 e. The molecule has 0 aliphatic carbocycles. The molecule has 0 N–H and O–H groups in total. The maximum Gasteiger partial charge on any atom is 0.273 e. The number of hydrogen-bond donors (Lipinski definition) is 0. The second-order valence-corrected chi connectivity index (χ2v) is 9.20. The van der Waals surface area contributed by atoms with Gasteiger partial charge in [0.25, 0.3) is 5.91 Å². The van der Waals surface area contributed by atoms with E-state index in [1.165, 1.54) is 11.3 Å². The van der Waals surface area contributed by atoms with Crippen molar-refractivity contribution in [3.63, 3.8) is 0 Å². The summed E-state index contributed by atoms with van der Waals surface area (Å²) in [6.45, 7) is 3.15. The molecule has 0 spiro atoms. The molecule has 6 nitrogen and oxygen atoms in total. The first-order valence-corrected chi connectivity index (χ1v) is 11.9. The zero-order valence-corrected chi connectivity index (χ0v) is 19.2. The number of amides is 1. The molecule has 0 saturated carbocycles. The fraction of sp³-hybridized carbons (Fsp3) is 0.231. The first-order chi connectivity index (χ1) is 16.1. The van der Waals surface area contributed by atoms with Crippen LogP contribution in [0.15, 0.2) is 72.4 Å². The van der Waals surface area contributed by atoms with Crippen LogP contribution in [-0.2, 0) is 0 Å². The molecule has 1 aliphatic heterocycles. The second kappa shape index (κ2) is 9.11. The number of carbonyl (C=O) groups excluding carboxylic acids is 2. The van der Waals surface area contributed by atoms with E-state index in [-0.39, 0.29) is 17.6 Å². The van der Waals surface area contributed by atoms with Gasteiger partial charge in [-0.2, -0.15) is 5.10 Å². The molecule has 1 saturated heterocycles. The van der Waals surface area contributed by atoms with Gasteiger partial charge in [0.1, 0.15) is 10.7 Å². The minimum atomic E-state index is -0.0748. The number of benzene rings is 2. The van der Waals surface area contributed by atoms with Gasteiger partial charge in [-0.3, -0.25) is 9.59 Å². The number of piperidine rings is 1. The van der Waals surface area contributed by atoms with Gasteiger partial charge < -0.3 is 4.90 Å². The van der Waals surface area contributed by atoms with E-state index in [1.807, 2.05) is 72.6 Å². The minimum absolute atomic E-state index is 0.0356. The molecule has 2 aromatic heterocycles. The third-order valence-corrected chi connectivity index (χ3v) is 6.95. The Morgan fingerprint density at radius 1 is 1.00 bits per heavy atom. The largest absolute Gasteiger partial charge is 0.337 e. The molecular formula is C26H24N4O2S. The van der Waals surface area contributed by atoms with Crippen LogP contribution in [0.3, 0.4) is 0 Å². The van der Waals surface area contributed by atoms with Gasteiger partial charge in [0.15, 0.2) is 5.78 Å². The van der Waals surface area contributed by atoms with E-state index >= 15 is 0 Å². The third kappa shape index (κ3) is 4.50. The number of aryl methyl sites for hydroxylation is 1. The molecule has 1 amide bonds. The monoisotopic (exact) mass is 456 g/mol. The summed E-state index contributed by atoms with van der Waals surface area (Å²) in [5.74, 6) is 0.0641. The van der Waals surface area contributed by atoms with Crippen LogP contribution in [0.1, 0.15) is 39.3 Å². The molecule has 166 valence electrons. The van der Waals surface area contributed by atoms with E-state index in [2.05, 4.69) is 10.1 Å². The summed E-state index contributed by atoms with van der Waals surface area (Å²) in [7, 11) is 0. The van der Waals surface area contributed by atoms with Crippen molar-refractivity contribution in [1.82, 2.24) is 19.7 Å². The van der Waals surface area contributed by atoms with Crippen LogP contribution >= 0.6 is 11.3 Å². The van der Waals surface area contributed by atoms with Crippen LogP contribution in [0.25, 0.3) is 16.3 Å². The van der Waals surface area contributed by atoms with Gasteiger partial charge in [0.2, 0.25) is 0 Å². The summed E-state index contributed by atoms with van der Waals surface area (Å²) in [4.78, 5) is 32.2. The number of nitrogens with zero attached hydrogens (tertiary/aromatic N) is 4. The standard InChI is InChI=1S/C26H24N4O2S/c1-18-7-9-19(10-8-18)24(31)20-11-13-29(14-12-20)26(32)23-17-33-25(28-23)21-15-27-30(16-21)22-5-3-2-4-6-22/h2-10,15-17,20H,11-14H2,1H3. The highest BCUT2D eigenvalue weighted by Gasteiger charge is 2.29. The molecule has 1 aliphatic rings. The molecule has 1 fully saturated rings. The van der Waals surface area contributed by atoms with Crippen LogP contribution < -0.4 is 0 Å². The van der Waals surface area contributed by atoms with Crippen molar-refractivity contribution in [2.45, 2.75) is 19.8 Å². The van der Waals surface area contributed by atoms with Crippen molar-refractivity contribution in [2.75, 3.05) is 13.1 Å². The van der Waals surface area contributed by atoms with Crippen LogP contribution in [0.5, 0.6) is 0 Å². The highest BCUT2D eigenvalue weighted by atomic mass is 32.1. The predicted molar refractivity (Wildman–Crippen MR) is 129 cm³/mol. The highest BCUT2D eigenvalue weighted by Crippen LogP contribution is 2.27. The predicted octanol–water partition coefficient (Wildman–Crippen LogP) is 5.04. The van der Waals surface area contributed by atoms with Gasteiger partial charge in [-0.1, -0.05) is 48.0 Å². The van der Waals surface area contributed by atoms with E-state index in [0.29, 0.717) is 31.6 Å². The summed E-state index contributed by atoms with van der Waals surface area (Å²) in [5.41, 5.74) is 4.20. The van der Waals surface area contributed by atoms with Gasteiger partial charge in [-0.25, -0.2) is 9.67 Å². The SMILES string of the molecule is Cc1ccc(C(=O)C2CCN(C(=O)c3csc(-c4cnn(-c5ccccc5)c4)n3)CC2)cc1. The van der Waals surface area contributed by atoms with Crippen molar-refractivity contribution in [3.8, 4) is 16.3 Å². The molecule has 0 radical (unpaired) electrons. The van der Waals surface area contributed by atoms with E-state index in [0.717, 1.165) is 27.4 Å². The zero-order valence-electron chi connectivity index (χ0n) is 18.3. The molecule has 0 unspecified atom stereocenters. The molecule has 3 heterocycles. The Labute approximate surface area is 196 Å². The Kier molecular flexibility index (Phi) is 5.88. The van der Waals surface area contributed by atoms with Crippen molar-refractivity contribution < 1.29 is 9.59 Å². The molecule has 33 heavy (non-hydrogen) atoms. The van der Waals surface area contributed by atoms with Crippen molar-refractivity contribution in [3.05, 3.63) is 89.2 Å². The quantitative estimate of drug-likeness (QED) is 0.395. The normalized spacial score (nSPS) is 14.4. The smallest absolute Gasteiger partial charge is 0.273 e. The molecule has 5 rings (SSSR count). The zero-order chi connectivity index (χ0) is 22.8. The number of hydrogen-bond acceptors (Lipinski definition) is 5. The van der Waals surface area contributed by atoms with Gasteiger partial charge in [-0.15, -0.1) is 11.3 Å². The van der Waals surface area contributed by atoms with E-state index in [1.54, 1.807) is 16.3 Å². The summed E-state index contributed by atoms with van der Waals surface area (Å²) in [5, 5.41) is 6.99. The molecular weight excluding hydrogens is 432 g/mol. The lowest BCUT2D eigenvalue weighted by atomic mass is 9.88. The Morgan fingerprint density at radius 2 is 1.73 bits per heavy atom. The number of ketones is 1. The molecule has 0 atom stereocenters. The third-order valence-electron chi connectivity index (χ3n) is 6.06. The van der Waals surface area contributed by atoms with Crippen molar-refractivity contribution >= 4 is 23.0 Å². The van der Waals surface area contributed by atoms with Crippen LogP contribution in [0.4, 0.5) is 0 Å². The van der Waals surface area contributed by atoms with Crippen LogP contribution in [0.2, 0.25) is 0 Å². The second-order valence-electron chi connectivity index (χ2n) is 8.34. The number of thiazole rings is 1. The molecule has 4 aromatic rings. The summed E-state index contributed by atoms with van der Waals surface area (Å²) in [6.07, 6.45) is 5.05. The van der Waals surface area contributed by atoms with Gasteiger partial charge in [0.05, 0.1) is 11.9 Å². The maximum atomic E-state index is 13.0. The first kappa shape index (κ1) is 21.3. The van der Waals surface area contributed by atoms with Gasteiger partial charge >= 0.3 is 0 Å². The van der Waals surface area contributed by atoms with Crippen LogP contribution in [-0.4, -0.2) is 44.4 Å². The average Bonchev–Trinajstić information content (AvgIpc) is 3.55. The number of aromatic nitrogens is 3. The fourth-order valence-electron chi connectivity index (χ4n) is 4.12.